The summed E-state index contributed by atoms with van der Waals surface area (Å²) in [5.41, 5.74) is -0.114. The number of nitrogens with zero attached hydrogens (tertiary/aromatic N) is 4. The van der Waals surface area contributed by atoms with E-state index in [0.29, 0.717) is 11.4 Å². The number of amides is 2. The fourth-order valence-corrected chi connectivity index (χ4v) is 3.41. The Labute approximate surface area is 201 Å². The molecule has 0 radical (unpaired) electrons. The third-order valence-electron chi connectivity index (χ3n) is 4.98. The first kappa shape index (κ1) is 23.9. The van der Waals surface area contributed by atoms with Crippen molar-refractivity contribution in [2.45, 2.75) is 45.9 Å². The smallest absolute Gasteiger partial charge is 0.416 e. The van der Waals surface area contributed by atoms with E-state index in [1.165, 1.54) is 35.5 Å². The number of carbonyl (C=O) groups excluding carboxylic acids is 2. The van der Waals surface area contributed by atoms with E-state index in [2.05, 4.69) is 20.5 Å². The Balaban J connectivity index is 1.50. The number of nitrogens with one attached hydrogen (secondary N) is 1. The van der Waals surface area contributed by atoms with E-state index >= 15 is 4.39 Å². The van der Waals surface area contributed by atoms with Crippen LogP contribution in [-0.4, -0.2) is 37.9 Å². The SMILES string of the molecule is CC1c2ncc(Oc3cccnn3)cc2OC(=O)N1Cc1cccc(NC(=O)OC(C)(C)C)c1F. The fourth-order valence-electron chi connectivity index (χ4n) is 3.41. The minimum atomic E-state index is -0.781. The summed E-state index contributed by atoms with van der Waals surface area (Å²) in [7, 11) is 0. The zero-order valence-corrected chi connectivity index (χ0v) is 19.6. The van der Waals surface area contributed by atoms with E-state index < -0.39 is 29.6 Å². The Morgan fingerprint density at radius 1 is 1.26 bits per heavy atom. The molecule has 35 heavy (non-hydrogen) atoms. The van der Waals surface area contributed by atoms with Crippen LogP contribution in [0.4, 0.5) is 19.7 Å². The zero-order valence-electron chi connectivity index (χ0n) is 19.6. The van der Waals surface area contributed by atoms with E-state index in [9.17, 15) is 9.59 Å². The van der Waals surface area contributed by atoms with Gasteiger partial charge < -0.3 is 14.2 Å². The lowest BCUT2D eigenvalue weighted by atomic mass is 10.1. The molecule has 1 N–H and O–H groups in total. The molecule has 0 spiro atoms. The second kappa shape index (κ2) is 9.53. The zero-order chi connectivity index (χ0) is 25.2. The number of ether oxygens (including phenoxy) is 3. The number of rotatable bonds is 5. The standard InChI is InChI=1S/C24H24FN5O5/c1-14-21-18(11-16(12-26-21)33-19-9-6-10-27-29-19)34-23(32)30(14)13-15-7-5-8-17(20(15)25)28-22(31)35-24(2,3)4/h5-12,14H,13H2,1-4H3,(H,28,31). The summed E-state index contributed by atoms with van der Waals surface area (Å²) in [5, 5.41) is 9.98. The number of pyridine rings is 1. The van der Waals surface area contributed by atoms with E-state index in [0.717, 1.165) is 0 Å². The van der Waals surface area contributed by atoms with Crippen molar-refractivity contribution in [3.8, 4) is 17.4 Å². The van der Waals surface area contributed by atoms with Crippen LogP contribution in [-0.2, 0) is 11.3 Å². The highest BCUT2D eigenvalue weighted by Gasteiger charge is 2.34. The average Bonchev–Trinajstić information content (AvgIpc) is 2.78. The van der Waals surface area contributed by atoms with Crippen LogP contribution in [0.1, 0.15) is 45.0 Å². The van der Waals surface area contributed by atoms with Crippen LogP contribution in [0.25, 0.3) is 0 Å². The van der Waals surface area contributed by atoms with E-state index in [-0.39, 0.29) is 29.4 Å². The molecule has 0 aliphatic carbocycles. The maximum Gasteiger partial charge on any atom is 0.416 e. The average molecular weight is 481 g/mol. The Hall–Kier alpha value is -4.28. The number of anilines is 1. The Morgan fingerprint density at radius 3 is 2.77 bits per heavy atom. The lowest BCUT2D eigenvalue weighted by Crippen LogP contribution is -2.40. The number of carbonyl (C=O) groups is 2. The van der Waals surface area contributed by atoms with Gasteiger partial charge in [0.2, 0.25) is 5.88 Å². The summed E-state index contributed by atoms with van der Waals surface area (Å²) in [5.74, 6) is 0.150. The molecule has 0 saturated carbocycles. The summed E-state index contributed by atoms with van der Waals surface area (Å²) < 4.78 is 31.4. The summed E-state index contributed by atoms with van der Waals surface area (Å²) >= 11 is 0. The predicted molar refractivity (Wildman–Crippen MR) is 123 cm³/mol. The van der Waals surface area contributed by atoms with Gasteiger partial charge in [0.05, 0.1) is 24.5 Å². The normalized spacial score (nSPS) is 15.2. The molecule has 1 aromatic carbocycles. The first-order valence-corrected chi connectivity index (χ1v) is 10.8. The number of benzene rings is 1. The van der Waals surface area contributed by atoms with Crippen molar-refractivity contribution in [1.29, 1.82) is 0 Å². The molecule has 1 atom stereocenters. The van der Waals surface area contributed by atoms with Crippen molar-refractivity contribution in [1.82, 2.24) is 20.1 Å². The lowest BCUT2D eigenvalue weighted by Gasteiger charge is -2.33. The van der Waals surface area contributed by atoms with Crippen molar-refractivity contribution in [3.63, 3.8) is 0 Å². The molecule has 0 bridgehead atoms. The van der Waals surface area contributed by atoms with Gasteiger partial charge >= 0.3 is 12.2 Å². The molecule has 1 aliphatic rings. The van der Waals surface area contributed by atoms with Crippen LogP contribution < -0.4 is 14.8 Å². The van der Waals surface area contributed by atoms with Gasteiger partial charge in [0.15, 0.2) is 17.3 Å². The van der Waals surface area contributed by atoms with E-state index in [4.69, 9.17) is 14.2 Å². The van der Waals surface area contributed by atoms with Crippen molar-refractivity contribution in [2.75, 3.05) is 5.32 Å². The minimum absolute atomic E-state index is 0.0564. The van der Waals surface area contributed by atoms with Crippen LogP contribution in [0.5, 0.6) is 17.4 Å². The predicted octanol–water partition coefficient (Wildman–Crippen LogP) is 5.23. The van der Waals surface area contributed by atoms with Crippen molar-refractivity contribution in [3.05, 3.63) is 65.9 Å². The number of hydrogen-bond donors (Lipinski definition) is 1. The minimum Gasteiger partial charge on any atom is -0.444 e. The van der Waals surface area contributed by atoms with Gasteiger partial charge in [-0.1, -0.05) is 12.1 Å². The highest BCUT2D eigenvalue weighted by Crippen LogP contribution is 2.37. The molecule has 182 valence electrons. The molecule has 2 amide bonds. The molecular formula is C24H24FN5O5. The molecule has 1 unspecified atom stereocenters. The lowest BCUT2D eigenvalue weighted by molar-refractivity contribution is 0.0635. The van der Waals surface area contributed by atoms with E-state index in [1.807, 2.05) is 0 Å². The van der Waals surface area contributed by atoms with Crippen LogP contribution in [0, 0.1) is 5.82 Å². The molecule has 0 fully saturated rings. The first-order chi connectivity index (χ1) is 16.6. The Morgan fingerprint density at radius 2 is 2.06 bits per heavy atom. The van der Waals surface area contributed by atoms with Gasteiger partial charge in [-0.3, -0.25) is 15.2 Å². The van der Waals surface area contributed by atoms with Gasteiger partial charge in [-0.2, -0.15) is 5.10 Å². The molecule has 3 heterocycles. The second-order valence-electron chi connectivity index (χ2n) is 8.80. The molecule has 10 nitrogen and oxygen atoms in total. The van der Waals surface area contributed by atoms with Crippen molar-refractivity contribution >= 4 is 17.9 Å². The highest BCUT2D eigenvalue weighted by molar-refractivity contribution is 5.85. The topological polar surface area (TPSA) is 116 Å². The maximum atomic E-state index is 15.1. The van der Waals surface area contributed by atoms with Crippen LogP contribution in [0.3, 0.4) is 0 Å². The molecule has 3 aromatic rings. The monoisotopic (exact) mass is 481 g/mol. The third kappa shape index (κ3) is 5.62. The van der Waals surface area contributed by atoms with Gasteiger partial charge in [-0.05, 0) is 39.8 Å². The molecule has 0 saturated heterocycles. The molecule has 4 rings (SSSR count). The Kier molecular flexibility index (Phi) is 6.50. The molecular weight excluding hydrogens is 457 g/mol. The van der Waals surface area contributed by atoms with Gasteiger partial charge in [-0.15, -0.1) is 5.10 Å². The molecule has 11 heteroatoms. The Bertz CT molecular complexity index is 1250. The number of hydrogen-bond acceptors (Lipinski definition) is 8. The summed E-state index contributed by atoms with van der Waals surface area (Å²) in [4.78, 5) is 30.5. The molecule has 2 aromatic heterocycles. The van der Waals surface area contributed by atoms with Gasteiger partial charge in [-0.25, -0.2) is 14.0 Å². The quantitative estimate of drug-likeness (QED) is 0.527. The van der Waals surface area contributed by atoms with Crippen molar-refractivity contribution in [2.24, 2.45) is 0 Å². The van der Waals surface area contributed by atoms with Crippen LogP contribution in [0.15, 0.2) is 48.8 Å². The highest BCUT2D eigenvalue weighted by atomic mass is 19.1. The van der Waals surface area contributed by atoms with Crippen LogP contribution in [0.2, 0.25) is 0 Å². The number of fused-ring (bicyclic) bond motifs is 1. The molecule has 1 aliphatic heterocycles. The van der Waals surface area contributed by atoms with E-state index in [1.54, 1.807) is 45.9 Å². The summed E-state index contributed by atoms with van der Waals surface area (Å²) in [6.45, 7) is 6.78. The fraction of sp³-hybridized carbons (Fsp3) is 0.292. The summed E-state index contributed by atoms with van der Waals surface area (Å²) in [6.07, 6.45) is 1.54. The van der Waals surface area contributed by atoms with Crippen LogP contribution >= 0.6 is 0 Å². The van der Waals surface area contributed by atoms with Gasteiger partial charge in [0.1, 0.15) is 11.3 Å². The van der Waals surface area contributed by atoms with Crippen molar-refractivity contribution < 1.29 is 28.2 Å². The van der Waals surface area contributed by atoms with Gasteiger partial charge in [0, 0.05) is 23.9 Å². The number of halogens is 1. The largest absolute Gasteiger partial charge is 0.444 e. The first-order valence-electron chi connectivity index (χ1n) is 10.8. The third-order valence-corrected chi connectivity index (χ3v) is 4.98. The number of aromatic nitrogens is 3. The summed E-state index contributed by atoms with van der Waals surface area (Å²) in [6, 6.07) is 8.84. The van der Waals surface area contributed by atoms with Gasteiger partial charge in [0.25, 0.3) is 0 Å². The second-order valence-corrected chi connectivity index (χ2v) is 8.80. The maximum absolute atomic E-state index is 15.1.